The van der Waals surface area contributed by atoms with Crippen LogP contribution in [-0.4, -0.2) is 42.0 Å². The molecule has 1 aliphatic heterocycles. The van der Waals surface area contributed by atoms with Gasteiger partial charge in [0.05, 0.1) is 7.11 Å². The van der Waals surface area contributed by atoms with Crippen LogP contribution in [0.1, 0.15) is 12.8 Å². The van der Waals surface area contributed by atoms with Crippen molar-refractivity contribution in [3.8, 4) is 11.6 Å². The number of hydrogen-bond acceptors (Lipinski definition) is 7. The molecule has 2 amide bonds. The predicted octanol–water partition coefficient (Wildman–Crippen LogP) is 1.13. The zero-order valence-electron chi connectivity index (χ0n) is 14.3. The molecular formula is C17H19N5O4. The Hall–Kier alpha value is -3.36. The Morgan fingerprint density at radius 3 is 2.77 bits per heavy atom. The van der Waals surface area contributed by atoms with Crippen LogP contribution in [0.25, 0.3) is 0 Å². The molecular weight excluding hydrogens is 338 g/mol. The minimum Gasteiger partial charge on any atom is -0.484 e. The van der Waals surface area contributed by atoms with E-state index in [4.69, 9.17) is 9.47 Å². The maximum atomic E-state index is 11.8. The standard InChI is InChI=1S/C17H19N5O4/c1-25-15-8-9-18-17(19-15)21-20-14(23)11-26-13-6-4-12(5-7-13)22-10-2-3-16(22)24/h4-9H,2-3,10-11H2,1H3,(H,20,23)(H,18,19,21). The number of methoxy groups -OCH3 is 1. The van der Waals surface area contributed by atoms with Gasteiger partial charge in [-0.25, -0.2) is 4.98 Å². The molecule has 1 aromatic heterocycles. The number of carbonyl (C=O) groups excluding carboxylic acids is 2. The molecule has 9 heteroatoms. The second kappa shape index (κ2) is 8.15. The normalized spacial score (nSPS) is 13.4. The molecule has 0 saturated carbocycles. The number of nitrogens with zero attached hydrogens (tertiary/aromatic N) is 3. The molecule has 1 aromatic carbocycles. The lowest BCUT2D eigenvalue weighted by atomic mass is 10.3. The third kappa shape index (κ3) is 4.38. The molecule has 2 aromatic rings. The first kappa shape index (κ1) is 17.5. The number of anilines is 2. The summed E-state index contributed by atoms with van der Waals surface area (Å²) in [7, 11) is 1.49. The van der Waals surface area contributed by atoms with Crippen LogP contribution in [0, 0.1) is 0 Å². The summed E-state index contributed by atoms with van der Waals surface area (Å²) in [6.07, 6.45) is 2.97. The largest absolute Gasteiger partial charge is 0.484 e. The number of hydrazine groups is 1. The highest BCUT2D eigenvalue weighted by Gasteiger charge is 2.21. The number of carbonyl (C=O) groups is 2. The smallest absolute Gasteiger partial charge is 0.276 e. The molecule has 136 valence electrons. The maximum absolute atomic E-state index is 11.8. The first-order chi connectivity index (χ1) is 12.7. The Bertz CT molecular complexity index is 781. The summed E-state index contributed by atoms with van der Waals surface area (Å²) in [5.41, 5.74) is 5.85. The van der Waals surface area contributed by atoms with Crippen molar-refractivity contribution in [1.82, 2.24) is 15.4 Å². The van der Waals surface area contributed by atoms with Crippen molar-refractivity contribution in [1.29, 1.82) is 0 Å². The van der Waals surface area contributed by atoms with Gasteiger partial charge in [0, 0.05) is 30.9 Å². The van der Waals surface area contributed by atoms with E-state index in [0.29, 0.717) is 18.1 Å². The van der Waals surface area contributed by atoms with E-state index < -0.39 is 5.91 Å². The molecule has 1 aliphatic rings. The van der Waals surface area contributed by atoms with E-state index in [0.717, 1.165) is 18.7 Å². The first-order valence-corrected chi connectivity index (χ1v) is 8.11. The van der Waals surface area contributed by atoms with E-state index in [1.54, 1.807) is 35.2 Å². The van der Waals surface area contributed by atoms with E-state index in [1.165, 1.54) is 13.3 Å². The number of hydrogen-bond donors (Lipinski definition) is 2. The third-order valence-corrected chi connectivity index (χ3v) is 3.74. The van der Waals surface area contributed by atoms with E-state index in [2.05, 4.69) is 20.8 Å². The van der Waals surface area contributed by atoms with Crippen LogP contribution in [0.4, 0.5) is 11.6 Å². The van der Waals surface area contributed by atoms with E-state index in [1.807, 2.05) is 0 Å². The molecule has 0 atom stereocenters. The zero-order chi connectivity index (χ0) is 18.4. The second-order valence-electron chi connectivity index (χ2n) is 5.53. The van der Waals surface area contributed by atoms with Crippen LogP contribution < -0.4 is 25.2 Å². The van der Waals surface area contributed by atoms with Gasteiger partial charge in [-0.15, -0.1) is 0 Å². The Morgan fingerprint density at radius 2 is 2.08 bits per heavy atom. The lowest BCUT2D eigenvalue weighted by Gasteiger charge is -2.16. The number of benzene rings is 1. The molecule has 0 radical (unpaired) electrons. The Kier molecular flexibility index (Phi) is 5.47. The molecule has 0 aliphatic carbocycles. The molecule has 0 spiro atoms. The summed E-state index contributed by atoms with van der Waals surface area (Å²) in [5, 5.41) is 0. The summed E-state index contributed by atoms with van der Waals surface area (Å²) in [4.78, 5) is 33.2. The molecule has 0 unspecified atom stereocenters. The van der Waals surface area contributed by atoms with Crippen molar-refractivity contribution in [2.24, 2.45) is 0 Å². The summed E-state index contributed by atoms with van der Waals surface area (Å²) in [5.74, 6) is 0.856. The number of rotatable bonds is 7. The van der Waals surface area contributed by atoms with E-state index in [-0.39, 0.29) is 18.5 Å². The Labute approximate surface area is 150 Å². The minimum absolute atomic E-state index is 0.129. The van der Waals surface area contributed by atoms with Crippen LogP contribution in [-0.2, 0) is 9.59 Å². The van der Waals surface area contributed by atoms with Crippen LogP contribution in [0.2, 0.25) is 0 Å². The fraction of sp³-hybridized carbons (Fsp3) is 0.294. The van der Waals surface area contributed by atoms with Crippen LogP contribution in [0.3, 0.4) is 0 Å². The fourth-order valence-corrected chi connectivity index (χ4v) is 2.47. The topological polar surface area (TPSA) is 106 Å². The van der Waals surface area contributed by atoms with Gasteiger partial charge in [-0.3, -0.25) is 20.4 Å². The van der Waals surface area contributed by atoms with Gasteiger partial charge in [-0.2, -0.15) is 4.98 Å². The van der Waals surface area contributed by atoms with Crippen molar-refractivity contribution in [2.45, 2.75) is 12.8 Å². The van der Waals surface area contributed by atoms with Crippen molar-refractivity contribution < 1.29 is 19.1 Å². The highest BCUT2D eigenvalue weighted by Crippen LogP contribution is 2.23. The fourth-order valence-electron chi connectivity index (χ4n) is 2.47. The molecule has 2 heterocycles. The van der Waals surface area contributed by atoms with Crippen molar-refractivity contribution in [3.63, 3.8) is 0 Å². The Balaban J connectivity index is 1.46. The van der Waals surface area contributed by atoms with Gasteiger partial charge in [-0.1, -0.05) is 0 Å². The van der Waals surface area contributed by atoms with Gasteiger partial charge in [0.15, 0.2) is 6.61 Å². The van der Waals surface area contributed by atoms with E-state index >= 15 is 0 Å². The SMILES string of the molecule is COc1ccnc(NNC(=O)COc2ccc(N3CCCC3=O)cc2)n1. The highest BCUT2D eigenvalue weighted by molar-refractivity contribution is 5.95. The predicted molar refractivity (Wildman–Crippen MR) is 93.9 cm³/mol. The van der Waals surface area contributed by atoms with Crippen molar-refractivity contribution >= 4 is 23.5 Å². The van der Waals surface area contributed by atoms with Crippen molar-refractivity contribution in [3.05, 3.63) is 36.5 Å². The highest BCUT2D eigenvalue weighted by atomic mass is 16.5. The molecule has 26 heavy (non-hydrogen) atoms. The van der Waals surface area contributed by atoms with E-state index in [9.17, 15) is 9.59 Å². The average molecular weight is 357 g/mol. The van der Waals surface area contributed by atoms with Crippen LogP contribution in [0.15, 0.2) is 36.5 Å². The summed E-state index contributed by atoms with van der Waals surface area (Å²) in [6, 6.07) is 8.66. The number of ether oxygens (including phenoxy) is 2. The molecule has 9 nitrogen and oxygen atoms in total. The van der Waals surface area contributed by atoms with Gasteiger partial charge in [0.1, 0.15) is 5.75 Å². The minimum atomic E-state index is -0.393. The number of nitrogens with one attached hydrogen (secondary N) is 2. The summed E-state index contributed by atoms with van der Waals surface area (Å²) < 4.78 is 10.4. The van der Waals surface area contributed by atoms with Gasteiger partial charge >= 0.3 is 0 Å². The molecule has 1 saturated heterocycles. The first-order valence-electron chi connectivity index (χ1n) is 8.11. The average Bonchev–Trinajstić information content (AvgIpc) is 3.11. The second-order valence-corrected chi connectivity index (χ2v) is 5.53. The Morgan fingerprint density at radius 1 is 1.27 bits per heavy atom. The number of aromatic nitrogens is 2. The molecule has 1 fully saturated rings. The molecule has 2 N–H and O–H groups in total. The zero-order valence-corrected chi connectivity index (χ0v) is 14.3. The van der Waals surface area contributed by atoms with Crippen LogP contribution >= 0.6 is 0 Å². The summed E-state index contributed by atoms with van der Waals surface area (Å²) in [6.45, 7) is 0.554. The van der Waals surface area contributed by atoms with Gasteiger partial charge in [-0.05, 0) is 30.7 Å². The van der Waals surface area contributed by atoms with Crippen molar-refractivity contribution in [2.75, 3.05) is 30.6 Å². The maximum Gasteiger partial charge on any atom is 0.276 e. The lowest BCUT2D eigenvalue weighted by molar-refractivity contribution is -0.122. The third-order valence-electron chi connectivity index (χ3n) is 3.74. The quantitative estimate of drug-likeness (QED) is 0.716. The monoisotopic (exact) mass is 357 g/mol. The van der Waals surface area contributed by atoms with Gasteiger partial charge in [0.25, 0.3) is 5.91 Å². The molecule has 3 rings (SSSR count). The van der Waals surface area contributed by atoms with Crippen LogP contribution in [0.5, 0.6) is 11.6 Å². The lowest BCUT2D eigenvalue weighted by Crippen LogP contribution is -2.34. The van der Waals surface area contributed by atoms with Gasteiger partial charge in [0.2, 0.25) is 17.7 Å². The number of amides is 2. The molecule has 0 bridgehead atoms. The van der Waals surface area contributed by atoms with Gasteiger partial charge < -0.3 is 14.4 Å². The summed E-state index contributed by atoms with van der Waals surface area (Å²) >= 11 is 0.